The number of ether oxygens (including phenoxy) is 1. The normalized spacial score (nSPS) is 10.4. The van der Waals surface area contributed by atoms with Crippen molar-refractivity contribution < 1.29 is 19.2 Å². The molecule has 0 bridgehead atoms. The largest absolute Gasteiger partial charge is 0.483 e. The molecule has 0 saturated carbocycles. The first-order valence-corrected chi connectivity index (χ1v) is 8.07. The second-order valence-electron chi connectivity index (χ2n) is 5.71. The summed E-state index contributed by atoms with van der Waals surface area (Å²) in [5, 5.41) is 10.6. The number of amides is 2. The van der Waals surface area contributed by atoms with Crippen LogP contribution in [0.15, 0.2) is 48.5 Å². The van der Waals surface area contributed by atoms with Gasteiger partial charge in [-0.05, 0) is 54.8 Å². The highest BCUT2D eigenvalue weighted by Crippen LogP contribution is 2.20. The minimum Gasteiger partial charge on any atom is -0.483 e. The fourth-order valence-corrected chi connectivity index (χ4v) is 2.11. The van der Waals surface area contributed by atoms with Crippen LogP contribution in [0, 0.1) is 24.0 Å². The molecule has 0 unspecified atom stereocenters. The molecule has 0 fully saturated rings. The van der Waals surface area contributed by atoms with Gasteiger partial charge in [-0.1, -0.05) is 12.1 Å². The number of aryl methyl sites for hydroxylation is 1. The van der Waals surface area contributed by atoms with Crippen LogP contribution in [0.3, 0.4) is 0 Å². The average molecular weight is 369 g/mol. The summed E-state index contributed by atoms with van der Waals surface area (Å²) in [7, 11) is 0. The van der Waals surface area contributed by atoms with Crippen molar-refractivity contribution in [3.8, 4) is 5.75 Å². The minimum atomic E-state index is -0.548. The van der Waals surface area contributed by atoms with Crippen molar-refractivity contribution in [1.82, 2.24) is 10.9 Å². The van der Waals surface area contributed by atoms with Gasteiger partial charge < -0.3 is 4.74 Å². The number of hydrazine groups is 1. The van der Waals surface area contributed by atoms with Crippen molar-refractivity contribution in [3.63, 3.8) is 0 Å². The van der Waals surface area contributed by atoms with Gasteiger partial charge in [0.15, 0.2) is 6.61 Å². The van der Waals surface area contributed by atoms with Crippen molar-refractivity contribution in [2.24, 2.45) is 0 Å². The Hall–Kier alpha value is -3.68. The van der Waals surface area contributed by atoms with Gasteiger partial charge in [-0.2, -0.15) is 0 Å². The van der Waals surface area contributed by atoms with E-state index in [2.05, 4.69) is 10.9 Å². The molecule has 0 aliphatic carbocycles. The summed E-state index contributed by atoms with van der Waals surface area (Å²) in [5.74, 6) is -0.448. The van der Waals surface area contributed by atoms with Crippen LogP contribution in [0.4, 0.5) is 5.69 Å². The average Bonchev–Trinajstić information content (AvgIpc) is 2.66. The van der Waals surface area contributed by atoms with Crippen molar-refractivity contribution in [2.75, 3.05) is 6.61 Å². The molecule has 0 radical (unpaired) electrons. The predicted molar refractivity (Wildman–Crippen MR) is 99.8 cm³/mol. The summed E-state index contributed by atoms with van der Waals surface area (Å²) >= 11 is 0. The number of hydrogen-bond acceptors (Lipinski definition) is 5. The molecule has 0 aromatic heterocycles. The Bertz CT molecular complexity index is 875. The minimum absolute atomic E-state index is 0.0345. The highest BCUT2D eigenvalue weighted by molar-refractivity contribution is 5.93. The molecule has 8 nitrogen and oxygen atoms in total. The number of benzene rings is 2. The van der Waals surface area contributed by atoms with E-state index in [1.54, 1.807) is 6.07 Å². The Morgan fingerprint density at radius 2 is 1.81 bits per heavy atom. The standard InChI is InChI=1S/C19H19N3O5/c1-13-4-3-5-17(14(13)2)27-12-19(24)21-20-18(23)11-8-15-6-9-16(10-7-15)22(25)26/h3-11H,12H2,1-2H3,(H,20,23)(H,21,24)/b11-8+. The number of rotatable bonds is 6. The number of carbonyl (C=O) groups excluding carboxylic acids is 2. The third-order valence-electron chi connectivity index (χ3n) is 3.77. The molecule has 2 aromatic carbocycles. The Labute approximate surface area is 156 Å². The van der Waals surface area contributed by atoms with E-state index < -0.39 is 16.7 Å². The first-order chi connectivity index (χ1) is 12.9. The zero-order valence-corrected chi connectivity index (χ0v) is 14.9. The van der Waals surface area contributed by atoms with Crippen molar-refractivity contribution in [2.45, 2.75) is 13.8 Å². The van der Waals surface area contributed by atoms with Gasteiger partial charge >= 0.3 is 0 Å². The van der Waals surface area contributed by atoms with E-state index in [0.717, 1.165) is 11.1 Å². The maximum Gasteiger partial charge on any atom is 0.276 e. The monoisotopic (exact) mass is 369 g/mol. The maximum absolute atomic E-state index is 11.8. The number of nitro groups is 1. The van der Waals surface area contributed by atoms with Crippen LogP contribution >= 0.6 is 0 Å². The van der Waals surface area contributed by atoms with E-state index in [1.807, 2.05) is 26.0 Å². The molecule has 0 aliphatic heterocycles. The molecule has 2 rings (SSSR count). The highest BCUT2D eigenvalue weighted by Gasteiger charge is 2.07. The van der Waals surface area contributed by atoms with Crippen molar-refractivity contribution in [3.05, 3.63) is 75.3 Å². The summed E-state index contributed by atoms with van der Waals surface area (Å²) in [6, 6.07) is 11.2. The number of non-ortho nitro benzene ring substituents is 1. The number of nitrogens with zero attached hydrogens (tertiary/aromatic N) is 1. The zero-order valence-electron chi connectivity index (χ0n) is 14.9. The van der Waals surface area contributed by atoms with Crippen LogP contribution in [0.5, 0.6) is 5.75 Å². The smallest absolute Gasteiger partial charge is 0.276 e. The summed E-state index contributed by atoms with van der Waals surface area (Å²) in [6.45, 7) is 3.60. The van der Waals surface area contributed by atoms with Crippen molar-refractivity contribution in [1.29, 1.82) is 0 Å². The number of hydrogen-bond donors (Lipinski definition) is 2. The molecule has 27 heavy (non-hydrogen) atoms. The first-order valence-electron chi connectivity index (χ1n) is 8.07. The van der Waals surface area contributed by atoms with E-state index in [9.17, 15) is 19.7 Å². The highest BCUT2D eigenvalue weighted by atomic mass is 16.6. The fourth-order valence-electron chi connectivity index (χ4n) is 2.11. The molecule has 2 N–H and O–H groups in total. The van der Waals surface area contributed by atoms with Crippen LogP contribution < -0.4 is 15.6 Å². The van der Waals surface area contributed by atoms with E-state index in [1.165, 1.54) is 36.4 Å². The molecule has 8 heteroatoms. The molecule has 2 amide bonds. The van der Waals surface area contributed by atoms with E-state index in [-0.39, 0.29) is 12.3 Å². The maximum atomic E-state index is 11.8. The van der Waals surface area contributed by atoms with E-state index in [4.69, 9.17) is 4.74 Å². The topological polar surface area (TPSA) is 111 Å². The summed E-state index contributed by atoms with van der Waals surface area (Å²) in [6.07, 6.45) is 2.67. The van der Waals surface area contributed by atoms with Gasteiger partial charge in [0.1, 0.15) is 5.75 Å². The van der Waals surface area contributed by atoms with E-state index >= 15 is 0 Å². The lowest BCUT2D eigenvalue weighted by Gasteiger charge is -2.11. The second kappa shape index (κ2) is 9.14. The second-order valence-corrected chi connectivity index (χ2v) is 5.71. The molecule has 2 aromatic rings. The van der Waals surface area contributed by atoms with Gasteiger partial charge in [0.25, 0.3) is 17.5 Å². The zero-order chi connectivity index (χ0) is 19.8. The third-order valence-corrected chi connectivity index (χ3v) is 3.77. The quantitative estimate of drug-likeness (QED) is 0.462. The molecule has 0 aliphatic rings. The molecule has 0 saturated heterocycles. The molecule has 0 heterocycles. The first kappa shape index (κ1) is 19.6. The molecule has 140 valence electrons. The van der Waals surface area contributed by atoms with Gasteiger partial charge in [-0.3, -0.25) is 30.6 Å². The lowest BCUT2D eigenvalue weighted by Crippen LogP contribution is -2.43. The number of carbonyl (C=O) groups is 2. The van der Waals surface area contributed by atoms with E-state index in [0.29, 0.717) is 11.3 Å². The van der Waals surface area contributed by atoms with Gasteiger partial charge in [0.05, 0.1) is 4.92 Å². The Morgan fingerprint density at radius 3 is 2.48 bits per heavy atom. The molecule has 0 spiro atoms. The third kappa shape index (κ3) is 5.96. The van der Waals surface area contributed by atoms with Gasteiger partial charge in [0.2, 0.25) is 0 Å². The van der Waals surface area contributed by atoms with Gasteiger partial charge in [-0.15, -0.1) is 0 Å². The van der Waals surface area contributed by atoms with Crippen LogP contribution in [0.1, 0.15) is 16.7 Å². The van der Waals surface area contributed by atoms with Gasteiger partial charge in [0, 0.05) is 18.2 Å². The molecular weight excluding hydrogens is 350 g/mol. The van der Waals surface area contributed by atoms with Crippen molar-refractivity contribution >= 4 is 23.6 Å². The number of nitrogens with one attached hydrogen (secondary N) is 2. The summed E-state index contributed by atoms with van der Waals surface area (Å²) in [4.78, 5) is 33.5. The predicted octanol–water partition coefficient (Wildman–Crippen LogP) is 2.45. The van der Waals surface area contributed by atoms with Gasteiger partial charge in [-0.25, -0.2) is 0 Å². The SMILES string of the molecule is Cc1cccc(OCC(=O)NNC(=O)/C=C/c2ccc([N+](=O)[O-])cc2)c1C. The Morgan fingerprint density at radius 1 is 1.11 bits per heavy atom. The Kier molecular flexibility index (Phi) is 6.65. The van der Waals surface area contributed by atoms with Crippen LogP contribution in [0.25, 0.3) is 6.08 Å². The summed E-state index contributed by atoms with van der Waals surface area (Å²) < 4.78 is 5.44. The lowest BCUT2D eigenvalue weighted by molar-refractivity contribution is -0.384. The van der Waals surface area contributed by atoms with Crippen LogP contribution in [0.2, 0.25) is 0 Å². The molecular formula is C19H19N3O5. The lowest BCUT2D eigenvalue weighted by atomic mass is 10.1. The van der Waals surface area contributed by atoms with Crippen LogP contribution in [-0.2, 0) is 9.59 Å². The fraction of sp³-hybridized carbons (Fsp3) is 0.158. The Balaban J connectivity index is 1.78. The molecule has 0 atom stereocenters. The number of nitro benzene ring substituents is 1. The van der Waals surface area contributed by atoms with Crippen LogP contribution in [-0.4, -0.2) is 23.3 Å². The summed E-state index contributed by atoms with van der Waals surface area (Å²) in [5.41, 5.74) is 7.05.